The van der Waals surface area contributed by atoms with E-state index in [1.54, 1.807) is 6.33 Å². The lowest BCUT2D eigenvalue weighted by atomic mass is 10.2. The largest absolute Gasteiger partial charge is 0.326 e. The Labute approximate surface area is 99.5 Å². The third-order valence-corrected chi connectivity index (χ3v) is 2.44. The number of hydrogen-bond acceptors (Lipinski definition) is 3. The molecule has 0 aliphatic carbocycles. The molecular formula is C12H14N4O. The van der Waals surface area contributed by atoms with E-state index >= 15 is 0 Å². The number of rotatable bonds is 3. The molecule has 0 saturated carbocycles. The van der Waals surface area contributed by atoms with E-state index < -0.39 is 0 Å². The molecule has 0 unspecified atom stereocenters. The van der Waals surface area contributed by atoms with Crippen molar-refractivity contribution in [2.24, 2.45) is 7.05 Å². The summed E-state index contributed by atoms with van der Waals surface area (Å²) in [6.07, 6.45) is 2.11. The van der Waals surface area contributed by atoms with Gasteiger partial charge in [-0.15, -0.1) is 10.2 Å². The molecule has 0 spiro atoms. The quantitative estimate of drug-likeness (QED) is 0.875. The molecular weight excluding hydrogens is 216 g/mol. The molecule has 1 amide bonds. The average molecular weight is 230 g/mol. The van der Waals surface area contributed by atoms with Gasteiger partial charge in [0.05, 0.1) is 0 Å². The molecule has 2 aromatic rings. The number of aryl methyl sites for hydroxylation is 1. The molecule has 0 atom stereocenters. The standard InChI is InChI=1S/C12H14N4O/c1-3-11(17)14-10-6-4-5-9(7-10)12-15-13-8-16(12)2/h4-8H,3H2,1-2H3,(H,14,17). The van der Waals surface area contributed by atoms with Crippen LogP contribution in [0.2, 0.25) is 0 Å². The first-order valence-electron chi connectivity index (χ1n) is 5.45. The first-order valence-corrected chi connectivity index (χ1v) is 5.45. The van der Waals surface area contributed by atoms with E-state index in [9.17, 15) is 4.79 Å². The topological polar surface area (TPSA) is 59.8 Å². The van der Waals surface area contributed by atoms with Crippen molar-refractivity contribution in [1.29, 1.82) is 0 Å². The van der Waals surface area contributed by atoms with Gasteiger partial charge in [0, 0.05) is 24.7 Å². The van der Waals surface area contributed by atoms with Crippen LogP contribution in [0.1, 0.15) is 13.3 Å². The van der Waals surface area contributed by atoms with Gasteiger partial charge in [-0.2, -0.15) is 0 Å². The molecule has 1 heterocycles. The zero-order chi connectivity index (χ0) is 12.3. The number of anilines is 1. The van der Waals surface area contributed by atoms with Crippen molar-refractivity contribution < 1.29 is 4.79 Å². The monoisotopic (exact) mass is 230 g/mol. The Kier molecular flexibility index (Phi) is 3.18. The van der Waals surface area contributed by atoms with E-state index in [4.69, 9.17) is 0 Å². The molecule has 1 aromatic carbocycles. The summed E-state index contributed by atoms with van der Waals surface area (Å²) >= 11 is 0. The highest BCUT2D eigenvalue weighted by Crippen LogP contribution is 2.19. The van der Waals surface area contributed by atoms with Gasteiger partial charge in [0.15, 0.2) is 5.82 Å². The summed E-state index contributed by atoms with van der Waals surface area (Å²) in [6, 6.07) is 7.56. The first-order chi connectivity index (χ1) is 8.20. The van der Waals surface area contributed by atoms with Crippen LogP contribution in [0.4, 0.5) is 5.69 Å². The van der Waals surface area contributed by atoms with Gasteiger partial charge in [0.2, 0.25) is 5.91 Å². The summed E-state index contributed by atoms with van der Waals surface area (Å²) in [5, 5.41) is 10.7. The lowest BCUT2D eigenvalue weighted by molar-refractivity contribution is -0.115. The third-order valence-electron chi connectivity index (χ3n) is 2.44. The normalized spacial score (nSPS) is 10.2. The number of hydrogen-bond donors (Lipinski definition) is 1. The predicted octanol–water partition coefficient (Wildman–Crippen LogP) is 1.83. The second-order valence-electron chi connectivity index (χ2n) is 3.75. The maximum Gasteiger partial charge on any atom is 0.224 e. The molecule has 0 radical (unpaired) electrons. The average Bonchev–Trinajstić information content (AvgIpc) is 2.75. The number of amides is 1. The Morgan fingerprint density at radius 2 is 2.29 bits per heavy atom. The molecule has 1 aromatic heterocycles. The zero-order valence-electron chi connectivity index (χ0n) is 9.84. The van der Waals surface area contributed by atoms with Crippen LogP contribution in [0, 0.1) is 0 Å². The third kappa shape index (κ3) is 2.50. The number of aromatic nitrogens is 3. The highest BCUT2D eigenvalue weighted by Gasteiger charge is 2.06. The summed E-state index contributed by atoms with van der Waals surface area (Å²) in [6.45, 7) is 1.82. The number of carbonyl (C=O) groups excluding carboxylic acids is 1. The van der Waals surface area contributed by atoms with E-state index in [2.05, 4.69) is 15.5 Å². The second-order valence-corrected chi connectivity index (χ2v) is 3.75. The minimum absolute atomic E-state index is 0.000107. The van der Waals surface area contributed by atoms with E-state index in [-0.39, 0.29) is 5.91 Å². The van der Waals surface area contributed by atoms with Gasteiger partial charge < -0.3 is 9.88 Å². The molecule has 2 rings (SSSR count). The molecule has 5 heteroatoms. The fourth-order valence-corrected chi connectivity index (χ4v) is 1.53. The number of benzene rings is 1. The number of carbonyl (C=O) groups is 1. The van der Waals surface area contributed by atoms with Crippen LogP contribution in [0.5, 0.6) is 0 Å². The molecule has 0 bridgehead atoms. The Hall–Kier alpha value is -2.17. The first kappa shape index (κ1) is 11.3. The SMILES string of the molecule is CCC(=O)Nc1cccc(-c2nncn2C)c1. The highest BCUT2D eigenvalue weighted by molar-refractivity contribution is 5.91. The minimum Gasteiger partial charge on any atom is -0.326 e. The molecule has 0 fully saturated rings. The lowest BCUT2D eigenvalue weighted by Crippen LogP contribution is -2.09. The van der Waals surface area contributed by atoms with E-state index in [0.717, 1.165) is 17.1 Å². The van der Waals surface area contributed by atoms with Gasteiger partial charge in [-0.1, -0.05) is 19.1 Å². The summed E-state index contributed by atoms with van der Waals surface area (Å²) < 4.78 is 1.83. The van der Waals surface area contributed by atoms with Gasteiger partial charge in [-0.05, 0) is 12.1 Å². The van der Waals surface area contributed by atoms with E-state index in [1.807, 2.05) is 42.8 Å². The number of nitrogens with zero attached hydrogens (tertiary/aromatic N) is 3. The van der Waals surface area contributed by atoms with Gasteiger partial charge in [0.25, 0.3) is 0 Å². The van der Waals surface area contributed by atoms with Gasteiger partial charge >= 0.3 is 0 Å². The second kappa shape index (κ2) is 4.78. The smallest absolute Gasteiger partial charge is 0.224 e. The summed E-state index contributed by atoms with van der Waals surface area (Å²) in [5.74, 6) is 0.776. The van der Waals surface area contributed by atoms with Crippen molar-refractivity contribution in [3.63, 3.8) is 0 Å². The molecule has 0 aliphatic heterocycles. The molecule has 5 nitrogen and oxygen atoms in total. The maximum absolute atomic E-state index is 11.3. The van der Waals surface area contributed by atoms with Crippen molar-refractivity contribution in [2.75, 3.05) is 5.32 Å². The fourth-order valence-electron chi connectivity index (χ4n) is 1.53. The van der Waals surface area contributed by atoms with Gasteiger partial charge in [0.1, 0.15) is 6.33 Å². The van der Waals surface area contributed by atoms with Gasteiger partial charge in [-0.25, -0.2) is 0 Å². The Balaban J connectivity index is 2.29. The number of nitrogens with one attached hydrogen (secondary N) is 1. The maximum atomic E-state index is 11.3. The van der Waals surface area contributed by atoms with Crippen molar-refractivity contribution >= 4 is 11.6 Å². The van der Waals surface area contributed by atoms with Crippen LogP contribution in [0.3, 0.4) is 0 Å². The van der Waals surface area contributed by atoms with Gasteiger partial charge in [-0.3, -0.25) is 4.79 Å². The molecule has 88 valence electrons. The fraction of sp³-hybridized carbons (Fsp3) is 0.250. The van der Waals surface area contributed by atoms with Crippen molar-refractivity contribution in [3.05, 3.63) is 30.6 Å². The van der Waals surface area contributed by atoms with Crippen LogP contribution in [0.25, 0.3) is 11.4 Å². The summed E-state index contributed by atoms with van der Waals surface area (Å²) in [5.41, 5.74) is 1.70. The van der Waals surface area contributed by atoms with E-state index in [0.29, 0.717) is 6.42 Å². The lowest BCUT2D eigenvalue weighted by Gasteiger charge is -2.05. The highest BCUT2D eigenvalue weighted by atomic mass is 16.1. The Morgan fingerprint density at radius 3 is 2.94 bits per heavy atom. The van der Waals surface area contributed by atoms with E-state index in [1.165, 1.54) is 0 Å². The summed E-state index contributed by atoms with van der Waals surface area (Å²) in [7, 11) is 1.88. The van der Waals surface area contributed by atoms with Crippen LogP contribution in [-0.2, 0) is 11.8 Å². The van der Waals surface area contributed by atoms with Crippen molar-refractivity contribution in [3.8, 4) is 11.4 Å². The molecule has 0 aliphatic rings. The van der Waals surface area contributed by atoms with Crippen molar-refractivity contribution in [1.82, 2.24) is 14.8 Å². The van der Waals surface area contributed by atoms with Crippen LogP contribution in [-0.4, -0.2) is 20.7 Å². The van der Waals surface area contributed by atoms with Crippen molar-refractivity contribution in [2.45, 2.75) is 13.3 Å². The Morgan fingerprint density at radius 1 is 1.47 bits per heavy atom. The zero-order valence-corrected chi connectivity index (χ0v) is 9.84. The van der Waals surface area contributed by atoms with Crippen LogP contribution < -0.4 is 5.32 Å². The molecule has 0 saturated heterocycles. The minimum atomic E-state index is 0.000107. The summed E-state index contributed by atoms with van der Waals surface area (Å²) in [4.78, 5) is 11.3. The van der Waals surface area contributed by atoms with Crippen LogP contribution >= 0.6 is 0 Å². The predicted molar refractivity (Wildman–Crippen MR) is 65.4 cm³/mol. The van der Waals surface area contributed by atoms with Crippen LogP contribution in [0.15, 0.2) is 30.6 Å². The molecule has 17 heavy (non-hydrogen) atoms. The Bertz CT molecular complexity index is 533. The molecule has 1 N–H and O–H groups in total.